The molecule has 2 heteroatoms. The lowest BCUT2D eigenvalue weighted by Crippen LogP contribution is -2.43. The van der Waals surface area contributed by atoms with Crippen molar-refractivity contribution in [3.05, 3.63) is 0 Å². The molecule has 0 aliphatic heterocycles. The summed E-state index contributed by atoms with van der Waals surface area (Å²) in [5.41, 5.74) is 0. The van der Waals surface area contributed by atoms with Crippen LogP contribution in [0.1, 0.15) is 39.5 Å². The van der Waals surface area contributed by atoms with Crippen molar-refractivity contribution in [1.82, 2.24) is 0 Å². The summed E-state index contributed by atoms with van der Waals surface area (Å²) < 4.78 is 27.5. The summed E-state index contributed by atoms with van der Waals surface area (Å²) in [5, 5.41) is 0. The Bertz CT molecular complexity index is 182. The van der Waals surface area contributed by atoms with E-state index in [2.05, 4.69) is 0 Å². The van der Waals surface area contributed by atoms with Crippen LogP contribution in [0.3, 0.4) is 0 Å². The zero-order valence-electron chi connectivity index (χ0n) is 9.05. The summed E-state index contributed by atoms with van der Waals surface area (Å²) in [6.07, 6.45) is 1.62. The van der Waals surface area contributed by atoms with E-state index in [1.165, 1.54) is 0 Å². The molecular weight excluding hydrogens is 182 g/mol. The predicted octanol–water partition coefficient (Wildman–Crippen LogP) is 3.75. The molecule has 82 valence electrons. The normalized spacial score (nSPS) is 54.0. The van der Waals surface area contributed by atoms with Gasteiger partial charge in [-0.25, -0.2) is 8.78 Å². The molecular formula is C12H20F2. The van der Waals surface area contributed by atoms with Crippen LogP contribution >= 0.6 is 0 Å². The Morgan fingerprint density at radius 2 is 1.07 bits per heavy atom. The monoisotopic (exact) mass is 202 g/mol. The number of alkyl halides is 2. The van der Waals surface area contributed by atoms with Gasteiger partial charge in [0.15, 0.2) is 0 Å². The molecule has 0 radical (unpaired) electrons. The van der Waals surface area contributed by atoms with Crippen molar-refractivity contribution >= 4 is 0 Å². The molecule has 0 heterocycles. The number of rotatable bonds is 0. The van der Waals surface area contributed by atoms with Gasteiger partial charge in [0.05, 0.1) is 0 Å². The Labute approximate surface area is 85.1 Å². The molecule has 2 aliphatic carbocycles. The van der Waals surface area contributed by atoms with Crippen LogP contribution in [0.15, 0.2) is 0 Å². The smallest absolute Gasteiger partial charge is 0.104 e. The maximum atomic E-state index is 13.7. The van der Waals surface area contributed by atoms with Crippen LogP contribution in [0.25, 0.3) is 0 Å². The molecule has 14 heavy (non-hydrogen) atoms. The van der Waals surface area contributed by atoms with Crippen molar-refractivity contribution in [2.45, 2.75) is 51.9 Å². The Morgan fingerprint density at radius 3 is 1.43 bits per heavy atom. The topological polar surface area (TPSA) is 0 Å². The second kappa shape index (κ2) is 3.79. The van der Waals surface area contributed by atoms with Crippen LogP contribution in [-0.4, -0.2) is 12.3 Å². The van der Waals surface area contributed by atoms with E-state index in [9.17, 15) is 8.78 Å². The Hall–Kier alpha value is -0.140. The first kappa shape index (κ1) is 10.4. The third-order valence-corrected chi connectivity index (χ3v) is 4.08. The summed E-state index contributed by atoms with van der Waals surface area (Å²) in [4.78, 5) is 0. The summed E-state index contributed by atoms with van der Waals surface area (Å²) in [6.45, 7) is 4.10. The minimum absolute atomic E-state index is 0.0185. The van der Waals surface area contributed by atoms with Crippen molar-refractivity contribution in [2.75, 3.05) is 0 Å². The standard InChI is InChI=1S/C12H20F2/c1-7-3-9-10(11(13)5-7)4-8(2)6-12(9)14/h7-12H,3-6H2,1-2H3. The highest BCUT2D eigenvalue weighted by Gasteiger charge is 2.44. The average Bonchev–Trinajstić information content (AvgIpc) is 2.07. The molecule has 0 bridgehead atoms. The Morgan fingerprint density at radius 1 is 0.714 bits per heavy atom. The van der Waals surface area contributed by atoms with Crippen molar-refractivity contribution in [3.8, 4) is 0 Å². The van der Waals surface area contributed by atoms with Crippen molar-refractivity contribution in [3.63, 3.8) is 0 Å². The van der Waals surface area contributed by atoms with E-state index in [-0.39, 0.29) is 11.8 Å². The molecule has 0 aromatic rings. The van der Waals surface area contributed by atoms with Crippen LogP contribution in [0.5, 0.6) is 0 Å². The molecule has 0 spiro atoms. The van der Waals surface area contributed by atoms with Crippen molar-refractivity contribution < 1.29 is 8.78 Å². The molecule has 2 fully saturated rings. The minimum atomic E-state index is -0.746. The average molecular weight is 202 g/mol. The zero-order valence-corrected chi connectivity index (χ0v) is 9.05. The molecule has 0 N–H and O–H groups in total. The van der Waals surface area contributed by atoms with E-state index >= 15 is 0 Å². The van der Waals surface area contributed by atoms with Gasteiger partial charge in [0.2, 0.25) is 0 Å². The highest BCUT2D eigenvalue weighted by Crippen LogP contribution is 2.46. The minimum Gasteiger partial charge on any atom is -0.247 e. The van der Waals surface area contributed by atoms with E-state index in [0.29, 0.717) is 24.7 Å². The van der Waals surface area contributed by atoms with Gasteiger partial charge in [0.1, 0.15) is 12.3 Å². The second-order valence-electron chi connectivity index (χ2n) is 5.51. The lowest BCUT2D eigenvalue weighted by atomic mass is 9.64. The highest BCUT2D eigenvalue weighted by molar-refractivity contribution is 4.93. The Balaban J connectivity index is 2.10. The van der Waals surface area contributed by atoms with Crippen molar-refractivity contribution in [1.29, 1.82) is 0 Å². The van der Waals surface area contributed by atoms with Gasteiger partial charge in [-0.3, -0.25) is 0 Å². The van der Waals surface area contributed by atoms with Crippen LogP contribution in [0, 0.1) is 23.7 Å². The maximum absolute atomic E-state index is 13.7. The highest BCUT2D eigenvalue weighted by atomic mass is 19.1. The molecule has 2 saturated carbocycles. The number of hydrogen-bond acceptors (Lipinski definition) is 0. The fourth-order valence-electron chi connectivity index (χ4n) is 3.42. The van der Waals surface area contributed by atoms with Crippen LogP contribution < -0.4 is 0 Å². The second-order valence-corrected chi connectivity index (χ2v) is 5.51. The predicted molar refractivity (Wildman–Crippen MR) is 53.6 cm³/mol. The van der Waals surface area contributed by atoms with Gasteiger partial charge >= 0.3 is 0 Å². The van der Waals surface area contributed by atoms with Gasteiger partial charge in [-0.1, -0.05) is 13.8 Å². The number of halogens is 2. The van der Waals surface area contributed by atoms with E-state index < -0.39 is 12.3 Å². The lowest BCUT2D eigenvalue weighted by Gasteiger charge is -2.44. The van der Waals surface area contributed by atoms with Gasteiger partial charge in [0, 0.05) is 0 Å². The summed E-state index contributed by atoms with van der Waals surface area (Å²) in [6, 6.07) is 0. The zero-order chi connectivity index (χ0) is 10.3. The van der Waals surface area contributed by atoms with Crippen LogP contribution in [-0.2, 0) is 0 Å². The van der Waals surface area contributed by atoms with E-state index in [1.54, 1.807) is 0 Å². The van der Waals surface area contributed by atoms with E-state index in [0.717, 1.165) is 12.8 Å². The quantitative estimate of drug-likeness (QED) is 0.561. The third kappa shape index (κ3) is 1.80. The molecule has 0 amide bonds. The first-order valence-corrected chi connectivity index (χ1v) is 5.86. The summed E-state index contributed by atoms with van der Waals surface area (Å²) >= 11 is 0. The lowest BCUT2D eigenvalue weighted by molar-refractivity contribution is -0.0212. The van der Waals surface area contributed by atoms with E-state index in [4.69, 9.17) is 0 Å². The molecule has 2 aliphatic rings. The van der Waals surface area contributed by atoms with Gasteiger partial charge < -0.3 is 0 Å². The molecule has 0 nitrogen and oxygen atoms in total. The Kier molecular flexibility index (Phi) is 2.81. The summed E-state index contributed by atoms with van der Waals surface area (Å²) in [7, 11) is 0. The molecule has 0 aromatic carbocycles. The summed E-state index contributed by atoms with van der Waals surface area (Å²) in [5.74, 6) is 0.783. The van der Waals surface area contributed by atoms with Gasteiger partial charge in [-0.05, 0) is 49.4 Å². The SMILES string of the molecule is CC1CC(F)C2CC(C)CC(F)C2C1. The van der Waals surface area contributed by atoms with Gasteiger partial charge in [-0.15, -0.1) is 0 Å². The molecule has 0 aromatic heterocycles. The van der Waals surface area contributed by atoms with Gasteiger partial charge in [0.25, 0.3) is 0 Å². The van der Waals surface area contributed by atoms with Crippen LogP contribution in [0.2, 0.25) is 0 Å². The molecule has 0 saturated heterocycles. The maximum Gasteiger partial charge on any atom is 0.104 e. The molecule has 2 rings (SSSR count). The largest absolute Gasteiger partial charge is 0.247 e. The van der Waals surface area contributed by atoms with Crippen molar-refractivity contribution in [2.24, 2.45) is 23.7 Å². The number of fused-ring (bicyclic) bond motifs is 1. The molecule has 6 atom stereocenters. The fraction of sp³-hybridized carbons (Fsp3) is 1.00. The first-order valence-electron chi connectivity index (χ1n) is 5.86. The van der Waals surface area contributed by atoms with Crippen LogP contribution in [0.4, 0.5) is 8.78 Å². The first-order chi connectivity index (χ1) is 6.58. The number of hydrogen-bond donors (Lipinski definition) is 0. The van der Waals surface area contributed by atoms with E-state index in [1.807, 2.05) is 13.8 Å². The fourth-order valence-corrected chi connectivity index (χ4v) is 3.42. The molecule has 6 unspecified atom stereocenters. The third-order valence-electron chi connectivity index (χ3n) is 4.08. The van der Waals surface area contributed by atoms with Gasteiger partial charge in [-0.2, -0.15) is 0 Å².